The van der Waals surface area contributed by atoms with E-state index in [2.05, 4.69) is 5.32 Å². The second kappa shape index (κ2) is 11.9. The van der Waals surface area contributed by atoms with E-state index >= 15 is 0 Å². The first kappa shape index (κ1) is 19.1. The van der Waals surface area contributed by atoms with E-state index in [4.69, 9.17) is 15.0 Å². The monoisotopic (exact) mass is 300 g/mol. The Morgan fingerprint density at radius 3 is 2.33 bits per heavy atom. The number of piperidine rings is 1. The number of nitrogens with one attached hydrogen (secondary N) is 1. The first-order chi connectivity index (χ1) is 10.0. The fourth-order valence-corrected chi connectivity index (χ4v) is 2.07. The third kappa shape index (κ3) is 10.5. The zero-order chi connectivity index (χ0) is 16.1. The second-order valence-corrected chi connectivity index (χ2v) is 4.70. The van der Waals surface area contributed by atoms with Gasteiger partial charge in [-0.1, -0.05) is 19.1 Å². The molecule has 1 fully saturated rings. The number of likely N-dealkylation sites (tertiary alicyclic amines) is 1. The van der Waals surface area contributed by atoms with Crippen LogP contribution >= 0.6 is 0 Å². The van der Waals surface area contributed by atoms with Gasteiger partial charge in [0.05, 0.1) is 6.54 Å². The van der Waals surface area contributed by atoms with Gasteiger partial charge in [0.1, 0.15) is 0 Å². The molecule has 0 aromatic carbocycles. The molecule has 0 radical (unpaired) electrons. The zero-order valence-electron chi connectivity index (χ0n) is 12.3. The average molecular weight is 300 g/mol. The molecule has 1 aliphatic rings. The van der Waals surface area contributed by atoms with E-state index in [9.17, 15) is 9.59 Å². The predicted molar refractivity (Wildman–Crippen MR) is 78.0 cm³/mol. The van der Waals surface area contributed by atoms with Gasteiger partial charge in [-0.15, -0.1) is 0 Å². The standard InChI is InChI=1S/C13H22N2O3.CH2O2/c1-2-3-4-5-12(16)14-11-6-8-15(9-7-11)10-13(17)18;2-1-3/h3-4,11H,2,5-10H2,1H3,(H,14,16)(H,17,18);1H,(H,2,3)/b4-3+;. The second-order valence-electron chi connectivity index (χ2n) is 4.70. The normalized spacial score (nSPS) is 16.0. The molecule has 7 nitrogen and oxygen atoms in total. The summed E-state index contributed by atoms with van der Waals surface area (Å²) in [7, 11) is 0. The number of carbonyl (C=O) groups excluding carboxylic acids is 1. The smallest absolute Gasteiger partial charge is 0.317 e. The van der Waals surface area contributed by atoms with Gasteiger partial charge in [-0.3, -0.25) is 19.3 Å². The number of amides is 1. The summed E-state index contributed by atoms with van der Waals surface area (Å²) in [4.78, 5) is 32.4. The number of hydrogen-bond donors (Lipinski definition) is 3. The molecule has 0 aliphatic carbocycles. The van der Waals surface area contributed by atoms with Crippen LogP contribution < -0.4 is 5.32 Å². The van der Waals surface area contributed by atoms with Crippen molar-refractivity contribution < 1.29 is 24.6 Å². The van der Waals surface area contributed by atoms with E-state index in [0.717, 1.165) is 32.4 Å². The number of hydrogen-bond acceptors (Lipinski definition) is 4. The highest BCUT2D eigenvalue weighted by molar-refractivity contribution is 5.77. The zero-order valence-corrected chi connectivity index (χ0v) is 12.3. The molecule has 1 amide bonds. The maximum atomic E-state index is 11.6. The van der Waals surface area contributed by atoms with Crippen LogP contribution in [0.15, 0.2) is 12.2 Å². The first-order valence-corrected chi connectivity index (χ1v) is 6.99. The van der Waals surface area contributed by atoms with Crippen LogP contribution in [-0.2, 0) is 14.4 Å². The average Bonchev–Trinajstić information content (AvgIpc) is 2.42. The number of nitrogens with zero attached hydrogens (tertiary/aromatic N) is 1. The Kier molecular flexibility index (Phi) is 10.8. The van der Waals surface area contributed by atoms with Crippen LogP contribution in [0.25, 0.3) is 0 Å². The number of carboxylic acids is 1. The van der Waals surface area contributed by atoms with E-state index in [1.165, 1.54) is 0 Å². The minimum atomic E-state index is -0.790. The van der Waals surface area contributed by atoms with Crippen LogP contribution in [0.4, 0.5) is 0 Å². The summed E-state index contributed by atoms with van der Waals surface area (Å²) in [5, 5.41) is 18.6. The van der Waals surface area contributed by atoms with Gasteiger partial charge in [0, 0.05) is 25.6 Å². The van der Waals surface area contributed by atoms with Gasteiger partial charge in [-0.25, -0.2) is 0 Å². The lowest BCUT2D eigenvalue weighted by atomic mass is 10.0. The van der Waals surface area contributed by atoms with E-state index in [0.29, 0.717) is 6.42 Å². The molecule has 1 heterocycles. The van der Waals surface area contributed by atoms with Gasteiger partial charge in [0.15, 0.2) is 0 Å². The van der Waals surface area contributed by atoms with Crippen molar-refractivity contribution in [1.82, 2.24) is 10.2 Å². The molecule has 0 spiro atoms. The van der Waals surface area contributed by atoms with Gasteiger partial charge >= 0.3 is 5.97 Å². The maximum absolute atomic E-state index is 11.6. The SMILES string of the molecule is CC/C=C/CC(=O)NC1CCN(CC(=O)O)CC1.O=CO. The van der Waals surface area contributed by atoms with Crippen molar-refractivity contribution in [3.8, 4) is 0 Å². The lowest BCUT2D eigenvalue weighted by Crippen LogP contribution is -2.45. The van der Waals surface area contributed by atoms with Crippen molar-refractivity contribution in [3.63, 3.8) is 0 Å². The molecule has 7 heteroatoms. The lowest BCUT2D eigenvalue weighted by Gasteiger charge is -2.31. The predicted octanol–water partition coefficient (Wildman–Crippen LogP) is 0.709. The highest BCUT2D eigenvalue weighted by Crippen LogP contribution is 2.10. The summed E-state index contributed by atoms with van der Waals surface area (Å²) in [5.41, 5.74) is 0. The van der Waals surface area contributed by atoms with Gasteiger partial charge in [-0.05, 0) is 19.3 Å². The highest BCUT2D eigenvalue weighted by Gasteiger charge is 2.21. The van der Waals surface area contributed by atoms with Crippen molar-refractivity contribution in [3.05, 3.63) is 12.2 Å². The quantitative estimate of drug-likeness (QED) is 0.492. The van der Waals surface area contributed by atoms with Crippen molar-refractivity contribution in [1.29, 1.82) is 0 Å². The first-order valence-electron chi connectivity index (χ1n) is 6.99. The Labute approximate surface area is 124 Å². The molecule has 1 rings (SSSR count). The summed E-state index contributed by atoms with van der Waals surface area (Å²) in [6.07, 6.45) is 6.90. The molecule has 0 aromatic rings. The summed E-state index contributed by atoms with van der Waals surface area (Å²) < 4.78 is 0. The minimum Gasteiger partial charge on any atom is -0.483 e. The molecular formula is C14H24N2O5. The van der Waals surface area contributed by atoms with Crippen molar-refractivity contribution in [2.45, 2.75) is 38.6 Å². The van der Waals surface area contributed by atoms with Crippen LogP contribution in [0.5, 0.6) is 0 Å². The largest absolute Gasteiger partial charge is 0.483 e. The van der Waals surface area contributed by atoms with Crippen LogP contribution in [0.3, 0.4) is 0 Å². The van der Waals surface area contributed by atoms with Crippen LogP contribution in [0.2, 0.25) is 0 Å². The molecular weight excluding hydrogens is 276 g/mol. The Balaban J connectivity index is 0.00000122. The third-order valence-corrected chi connectivity index (χ3v) is 3.02. The minimum absolute atomic E-state index is 0.0522. The molecule has 21 heavy (non-hydrogen) atoms. The summed E-state index contributed by atoms with van der Waals surface area (Å²) in [6, 6.07) is 0.192. The molecule has 1 saturated heterocycles. The van der Waals surface area contributed by atoms with Crippen LogP contribution in [-0.4, -0.2) is 59.1 Å². The van der Waals surface area contributed by atoms with E-state index in [-0.39, 0.29) is 25.0 Å². The highest BCUT2D eigenvalue weighted by atomic mass is 16.4. The molecule has 0 bridgehead atoms. The number of carbonyl (C=O) groups is 3. The Morgan fingerprint density at radius 1 is 1.29 bits per heavy atom. The Hall–Kier alpha value is -1.89. The van der Waals surface area contributed by atoms with Gasteiger partial charge in [-0.2, -0.15) is 0 Å². The van der Waals surface area contributed by atoms with E-state index in [1.54, 1.807) is 0 Å². The molecule has 0 unspecified atom stereocenters. The van der Waals surface area contributed by atoms with Crippen molar-refractivity contribution in [2.24, 2.45) is 0 Å². The van der Waals surface area contributed by atoms with Crippen molar-refractivity contribution in [2.75, 3.05) is 19.6 Å². The number of rotatable bonds is 6. The third-order valence-electron chi connectivity index (χ3n) is 3.02. The Morgan fingerprint density at radius 2 is 1.86 bits per heavy atom. The fourth-order valence-electron chi connectivity index (χ4n) is 2.07. The molecule has 3 N–H and O–H groups in total. The molecule has 1 aliphatic heterocycles. The molecule has 0 aromatic heterocycles. The summed E-state index contributed by atoms with van der Waals surface area (Å²) in [6.45, 7) is 3.36. The maximum Gasteiger partial charge on any atom is 0.317 e. The van der Waals surface area contributed by atoms with E-state index in [1.807, 2.05) is 24.0 Å². The van der Waals surface area contributed by atoms with Crippen LogP contribution in [0, 0.1) is 0 Å². The number of carboxylic acid groups (broad SMARTS) is 2. The Bertz CT molecular complexity index is 349. The van der Waals surface area contributed by atoms with Gasteiger partial charge < -0.3 is 15.5 Å². The van der Waals surface area contributed by atoms with Gasteiger partial charge in [0.25, 0.3) is 6.47 Å². The number of aliphatic carboxylic acids is 1. The fraction of sp³-hybridized carbons (Fsp3) is 0.643. The molecule has 0 atom stereocenters. The summed E-state index contributed by atoms with van der Waals surface area (Å²) in [5.74, 6) is -0.737. The molecule has 120 valence electrons. The number of allylic oxidation sites excluding steroid dienone is 1. The van der Waals surface area contributed by atoms with Gasteiger partial charge in [0.2, 0.25) is 5.91 Å². The lowest BCUT2D eigenvalue weighted by molar-refractivity contribution is -0.138. The topological polar surface area (TPSA) is 107 Å². The van der Waals surface area contributed by atoms with Crippen LogP contribution in [0.1, 0.15) is 32.6 Å². The van der Waals surface area contributed by atoms with E-state index < -0.39 is 5.97 Å². The summed E-state index contributed by atoms with van der Waals surface area (Å²) >= 11 is 0. The van der Waals surface area contributed by atoms with Crippen molar-refractivity contribution >= 4 is 18.3 Å². The molecule has 0 saturated carbocycles.